The lowest BCUT2D eigenvalue weighted by atomic mass is 10.2. The minimum absolute atomic E-state index is 0.0428. The molecule has 0 aliphatic heterocycles. The summed E-state index contributed by atoms with van der Waals surface area (Å²) in [5.41, 5.74) is 0.953. The van der Waals surface area contributed by atoms with Gasteiger partial charge in [0.2, 0.25) is 0 Å². The van der Waals surface area contributed by atoms with Crippen LogP contribution in [0.4, 0.5) is 5.69 Å². The summed E-state index contributed by atoms with van der Waals surface area (Å²) in [6.45, 7) is 0.0927. The van der Waals surface area contributed by atoms with Crippen LogP contribution in [-0.2, 0) is 6.61 Å². The van der Waals surface area contributed by atoms with Crippen LogP contribution >= 0.6 is 11.6 Å². The maximum absolute atomic E-state index is 10.7. The first kappa shape index (κ1) is 13.8. The molecule has 0 aromatic heterocycles. The van der Waals surface area contributed by atoms with Crippen LogP contribution in [0.3, 0.4) is 0 Å². The Kier molecular flexibility index (Phi) is 4.18. The summed E-state index contributed by atoms with van der Waals surface area (Å²) in [4.78, 5) is 10.2. The molecule has 0 atom stereocenters. The molecule has 0 aliphatic rings. The molecule has 100 valence electrons. The molecule has 0 bridgehead atoms. The maximum atomic E-state index is 10.7. The Morgan fingerprint density at radius 3 is 2.80 bits per heavy atom. The van der Waals surface area contributed by atoms with Gasteiger partial charge < -0.3 is 4.74 Å². The highest BCUT2D eigenvalue weighted by molar-refractivity contribution is 6.31. The number of benzene rings is 2. The quantitative estimate of drug-likeness (QED) is 0.635. The van der Waals surface area contributed by atoms with Crippen LogP contribution < -0.4 is 4.74 Å². The fraction of sp³-hybridized carbons (Fsp3) is 0.0714. The van der Waals surface area contributed by atoms with Gasteiger partial charge in [-0.05, 0) is 24.3 Å². The monoisotopic (exact) mass is 288 g/mol. The molecule has 0 unspecified atom stereocenters. The van der Waals surface area contributed by atoms with Crippen LogP contribution in [0.1, 0.15) is 11.1 Å². The average Bonchev–Trinajstić information content (AvgIpc) is 2.46. The highest BCUT2D eigenvalue weighted by Gasteiger charge is 2.10. The molecule has 2 aromatic rings. The number of nitro groups is 1. The number of nitrogens with zero attached hydrogens (tertiary/aromatic N) is 2. The Hall–Kier alpha value is -2.58. The summed E-state index contributed by atoms with van der Waals surface area (Å²) in [5.74, 6) is 0.506. The Labute approximate surface area is 120 Å². The van der Waals surface area contributed by atoms with Gasteiger partial charge in [-0.3, -0.25) is 10.1 Å². The smallest absolute Gasteiger partial charge is 0.269 e. The van der Waals surface area contributed by atoms with Crippen molar-refractivity contribution < 1.29 is 9.66 Å². The second-order valence-corrected chi connectivity index (χ2v) is 4.37. The van der Waals surface area contributed by atoms with E-state index in [4.69, 9.17) is 21.6 Å². The zero-order valence-corrected chi connectivity index (χ0v) is 11.0. The van der Waals surface area contributed by atoms with Crippen molar-refractivity contribution in [2.75, 3.05) is 0 Å². The average molecular weight is 289 g/mol. The Balaban J connectivity index is 2.16. The Morgan fingerprint density at radius 1 is 1.30 bits per heavy atom. The van der Waals surface area contributed by atoms with E-state index >= 15 is 0 Å². The predicted octanol–water partition coefficient (Wildman–Crippen LogP) is 3.70. The Bertz CT molecular complexity index is 695. The van der Waals surface area contributed by atoms with Crippen LogP contribution in [0, 0.1) is 21.4 Å². The number of ether oxygens (including phenoxy) is 1. The molecule has 0 aliphatic carbocycles. The first-order valence-corrected chi connectivity index (χ1v) is 6.04. The lowest BCUT2D eigenvalue weighted by Crippen LogP contribution is -1.98. The van der Waals surface area contributed by atoms with Gasteiger partial charge in [0.05, 0.1) is 16.6 Å². The highest BCUT2D eigenvalue weighted by Crippen LogP contribution is 2.24. The van der Waals surface area contributed by atoms with Crippen molar-refractivity contribution in [2.24, 2.45) is 0 Å². The van der Waals surface area contributed by atoms with E-state index in [1.54, 1.807) is 24.3 Å². The van der Waals surface area contributed by atoms with E-state index in [9.17, 15) is 10.1 Å². The van der Waals surface area contributed by atoms with Gasteiger partial charge >= 0.3 is 0 Å². The van der Waals surface area contributed by atoms with Gasteiger partial charge in [0.25, 0.3) is 5.69 Å². The van der Waals surface area contributed by atoms with E-state index in [1.165, 1.54) is 18.2 Å². The molecule has 0 fully saturated rings. The van der Waals surface area contributed by atoms with E-state index in [2.05, 4.69) is 0 Å². The van der Waals surface area contributed by atoms with Gasteiger partial charge in [-0.15, -0.1) is 0 Å². The van der Waals surface area contributed by atoms with Crippen LogP contribution in [0.15, 0.2) is 42.5 Å². The van der Waals surface area contributed by atoms with Crippen molar-refractivity contribution in [3.63, 3.8) is 0 Å². The van der Waals surface area contributed by atoms with Crippen LogP contribution in [-0.4, -0.2) is 4.92 Å². The third-order valence-electron chi connectivity index (χ3n) is 2.60. The summed E-state index contributed by atoms with van der Waals surface area (Å²) in [6.07, 6.45) is 0. The molecule has 5 nitrogen and oxygen atoms in total. The summed E-state index contributed by atoms with van der Waals surface area (Å²) in [7, 11) is 0. The van der Waals surface area contributed by atoms with Crippen molar-refractivity contribution in [3.05, 3.63) is 68.7 Å². The second kappa shape index (κ2) is 6.04. The summed E-state index contributed by atoms with van der Waals surface area (Å²) in [6, 6.07) is 12.8. The Morgan fingerprint density at radius 2 is 2.10 bits per heavy atom. The van der Waals surface area contributed by atoms with Crippen LogP contribution in [0.5, 0.6) is 5.75 Å². The van der Waals surface area contributed by atoms with Gasteiger partial charge in [0.15, 0.2) is 0 Å². The highest BCUT2D eigenvalue weighted by atomic mass is 35.5. The molecule has 0 saturated carbocycles. The van der Waals surface area contributed by atoms with Gasteiger partial charge in [-0.1, -0.05) is 17.7 Å². The first-order valence-electron chi connectivity index (χ1n) is 5.66. The third-order valence-corrected chi connectivity index (χ3v) is 2.97. The van der Waals surface area contributed by atoms with Gasteiger partial charge in [-0.2, -0.15) is 5.26 Å². The molecule has 0 radical (unpaired) electrons. The molecule has 6 heteroatoms. The third kappa shape index (κ3) is 3.25. The summed E-state index contributed by atoms with van der Waals surface area (Å²) >= 11 is 5.97. The fourth-order valence-corrected chi connectivity index (χ4v) is 1.77. The predicted molar refractivity (Wildman–Crippen MR) is 73.6 cm³/mol. The maximum Gasteiger partial charge on any atom is 0.269 e. The SMILES string of the molecule is N#Cc1cccc(OCc2cc([N+](=O)[O-])ccc2Cl)c1. The second-order valence-electron chi connectivity index (χ2n) is 3.96. The molecule has 0 spiro atoms. The fourth-order valence-electron chi connectivity index (χ4n) is 1.60. The van der Waals surface area contributed by atoms with Gasteiger partial charge in [-0.25, -0.2) is 0 Å². The number of rotatable bonds is 4. The van der Waals surface area contributed by atoms with Gasteiger partial charge in [0.1, 0.15) is 12.4 Å². The van der Waals surface area contributed by atoms with E-state index in [0.717, 1.165) is 0 Å². The molecule has 0 heterocycles. The summed E-state index contributed by atoms with van der Waals surface area (Å²) in [5, 5.41) is 19.9. The summed E-state index contributed by atoms with van der Waals surface area (Å²) < 4.78 is 5.49. The molecule has 2 aromatic carbocycles. The zero-order chi connectivity index (χ0) is 14.5. The standard InChI is InChI=1S/C14H9ClN2O3/c15-14-5-4-12(17(18)19)7-11(14)9-20-13-3-1-2-10(6-13)8-16/h1-7H,9H2. The van der Waals surface area contributed by atoms with E-state index in [0.29, 0.717) is 21.9 Å². The molecular formula is C14H9ClN2O3. The van der Waals surface area contributed by atoms with Crippen molar-refractivity contribution in [2.45, 2.75) is 6.61 Å². The molecule has 0 N–H and O–H groups in total. The van der Waals surface area contributed by atoms with Crippen molar-refractivity contribution in [1.82, 2.24) is 0 Å². The first-order chi connectivity index (χ1) is 9.60. The minimum atomic E-state index is -0.490. The number of hydrogen-bond donors (Lipinski definition) is 0. The zero-order valence-electron chi connectivity index (χ0n) is 10.2. The molecule has 0 saturated heterocycles. The minimum Gasteiger partial charge on any atom is -0.489 e. The lowest BCUT2D eigenvalue weighted by molar-refractivity contribution is -0.384. The topological polar surface area (TPSA) is 76.2 Å². The number of hydrogen-bond acceptors (Lipinski definition) is 4. The van der Waals surface area contributed by atoms with Crippen molar-refractivity contribution in [1.29, 1.82) is 5.26 Å². The molecule has 0 amide bonds. The van der Waals surface area contributed by atoms with E-state index in [1.807, 2.05) is 6.07 Å². The van der Waals surface area contributed by atoms with Crippen LogP contribution in [0.25, 0.3) is 0 Å². The van der Waals surface area contributed by atoms with Crippen molar-refractivity contribution in [3.8, 4) is 11.8 Å². The number of halogens is 1. The number of nitro benzene ring substituents is 1. The van der Waals surface area contributed by atoms with Crippen molar-refractivity contribution >= 4 is 17.3 Å². The van der Waals surface area contributed by atoms with E-state index < -0.39 is 4.92 Å². The normalized spacial score (nSPS) is 9.80. The molecule has 2 rings (SSSR count). The van der Waals surface area contributed by atoms with Crippen LogP contribution in [0.2, 0.25) is 5.02 Å². The lowest BCUT2D eigenvalue weighted by Gasteiger charge is -2.08. The van der Waals surface area contributed by atoms with E-state index in [-0.39, 0.29) is 12.3 Å². The number of non-ortho nitro benzene ring substituents is 1. The number of nitriles is 1. The van der Waals surface area contributed by atoms with Gasteiger partial charge in [0, 0.05) is 22.7 Å². The molecule has 20 heavy (non-hydrogen) atoms. The largest absolute Gasteiger partial charge is 0.489 e. The molecular weight excluding hydrogens is 280 g/mol.